The van der Waals surface area contributed by atoms with Crippen molar-refractivity contribution in [2.75, 3.05) is 0 Å². The first kappa shape index (κ1) is 18.4. The zero-order valence-electron chi connectivity index (χ0n) is 15.5. The predicted octanol–water partition coefficient (Wildman–Crippen LogP) is 5.34. The predicted molar refractivity (Wildman–Crippen MR) is 95.0 cm³/mol. The highest BCUT2D eigenvalue weighted by Gasteiger charge is 2.25. The Kier molecular flexibility index (Phi) is 6.22. The molecule has 0 aliphatic heterocycles. The maximum atomic E-state index is 4.75. The molecule has 0 unspecified atom stereocenters. The minimum atomic E-state index is 0.220. The third-order valence-electron chi connectivity index (χ3n) is 4.60. The van der Waals surface area contributed by atoms with Gasteiger partial charge in [-0.3, -0.25) is 4.99 Å². The van der Waals surface area contributed by atoms with Gasteiger partial charge in [-0.15, -0.1) is 0 Å². The molecule has 0 radical (unpaired) electrons. The SMILES string of the molecule is C/C(=C\N=C(/C)C1CCC(NC(C)(C)C)CC1)C(C)(C)C. The molecule has 21 heavy (non-hydrogen) atoms. The van der Waals surface area contributed by atoms with E-state index in [1.807, 2.05) is 0 Å². The van der Waals surface area contributed by atoms with Crippen LogP contribution in [0, 0.1) is 11.3 Å². The topological polar surface area (TPSA) is 24.4 Å². The van der Waals surface area contributed by atoms with Gasteiger partial charge in [-0.1, -0.05) is 20.8 Å². The molecule has 1 N–H and O–H groups in total. The molecule has 1 rings (SSSR count). The number of aliphatic imine (C=N–C) groups is 1. The van der Waals surface area contributed by atoms with Crippen LogP contribution < -0.4 is 5.32 Å². The molecule has 1 fully saturated rings. The fourth-order valence-electron chi connectivity index (χ4n) is 2.77. The summed E-state index contributed by atoms with van der Waals surface area (Å²) < 4.78 is 0. The fraction of sp³-hybridized carbons (Fsp3) is 0.842. The van der Waals surface area contributed by atoms with Gasteiger partial charge in [0.1, 0.15) is 0 Å². The minimum Gasteiger partial charge on any atom is -0.309 e. The van der Waals surface area contributed by atoms with E-state index in [-0.39, 0.29) is 11.0 Å². The quantitative estimate of drug-likeness (QED) is 0.697. The molecule has 1 aliphatic rings. The Morgan fingerprint density at radius 2 is 1.48 bits per heavy atom. The van der Waals surface area contributed by atoms with Crippen LogP contribution in [0.15, 0.2) is 16.8 Å². The second-order valence-electron chi connectivity index (χ2n) is 8.78. The van der Waals surface area contributed by atoms with Crippen molar-refractivity contribution in [1.82, 2.24) is 5.32 Å². The van der Waals surface area contributed by atoms with E-state index in [1.54, 1.807) is 0 Å². The standard InChI is InChI=1S/C19H36N2/c1-14(18(3,4)5)13-20-15(2)16-9-11-17(12-10-16)21-19(6,7)8/h13,16-17,21H,9-12H2,1-8H3/b14-13+,20-15+. The summed E-state index contributed by atoms with van der Waals surface area (Å²) in [4.78, 5) is 4.75. The van der Waals surface area contributed by atoms with E-state index >= 15 is 0 Å². The van der Waals surface area contributed by atoms with Crippen LogP contribution in [0.5, 0.6) is 0 Å². The molecule has 0 bridgehead atoms. The molecule has 0 saturated heterocycles. The number of rotatable bonds is 3. The monoisotopic (exact) mass is 292 g/mol. The molecule has 0 aromatic carbocycles. The normalized spacial score (nSPS) is 26.1. The lowest BCUT2D eigenvalue weighted by Crippen LogP contribution is -2.45. The van der Waals surface area contributed by atoms with Crippen molar-refractivity contribution in [2.24, 2.45) is 16.3 Å². The maximum Gasteiger partial charge on any atom is 0.0261 e. The molecule has 0 atom stereocenters. The van der Waals surface area contributed by atoms with Gasteiger partial charge in [-0.25, -0.2) is 0 Å². The lowest BCUT2D eigenvalue weighted by atomic mass is 9.82. The van der Waals surface area contributed by atoms with Crippen molar-refractivity contribution >= 4 is 5.71 Å². The van der Waals surface area contributed by atoms with E-state index in [9.17, 15) is 0 Å². The summed E-state index contributed by atoms with van der Waals surface area (Å²) in [6, 6.07) is 0.681. The number of hydrogen-bond acceptors (Lipinski definition) is 2. The van der Waals surface area contributed by atoms with Crippen LogP contribution in [0.2, 0.25) is 0 Å². The van der Waals surface area contributed by atoms with Gasteiger partial charge >= 0.3 is 0 Å². The molecule has 1 saturated carbocycles. The van der Waals surface area contributed by atoms with Gasteiger partial charge in [0.15, 0.2) is 0 Å². The molecule has 122 valence electrons. The average Bonchev–Trinajstić information content (AvgIpc) is 2.33. The maximum absolute atomic E-state index is 4.75. The Balaban J connectivity index is 2.54. The summed E-state index contributed by atoms with van der Waals surface area (Å²) in [6.07, 6.45) is 7.17. The first-order valence-electron chi connectivity index (χ1n) is 8.48. The van der Waals surface area contributed by atoms with Gasteiger partial charge in [-0.05, 0) is 77.2 Å². The van der Waals surface area contributed by atoms with E-state index in [2.05, 4.69) is 66.9 Å². The van der Waals surface area contributed by atoms with Crippen molar-refractivity contribution in [3.05, 3.63) is 11.8 Å². The largest absolute Gasteiger partial charge is 0.309 e. The Hall–Kier alpha value is -0.630. The molecule has 0 heterocycles. The van der Waals surface area contributed by atoms with E-state index in [1.165, 1.54) is 37.0 Å². The summed E-state index contributed by atoms with van der Waals surface area (Å²) in [5.74, 6) is 0.673. The Morgan fingerprint density at radius 3 is 1.90 bits per heavy atom. The second kappa shape index (κ2) is 7.09. The summed E-state index contributed by atoms with van der Waals surface area (Å²) in [6.45, 7) is 17.9. The lowest BCUT2D eigenvalue weighted by Gasteiger charge is -2.34. The highest BCUT2D eigenvalue weighted by Crippen LogP contribution is 2.28. The number of nitrogens with zero attached hydrogens (tertiary/aromatic N) is 1. The van der Waals surface area contributed by atoms with Crippen molar-refractivity contribution < 1.29 is 0 Å². The number of nitrogens with one attached hydrogen (secondary N) is 1. The Morgan fingerprint density at radius 1 is 0.952 bits per heavy atom. The van der Waals surface area contributed by atoms with Crippen LogP contribution in [0.4, 0.5) is 0 Å². The van der Waals surface area contributed by atoms with Crippen LogP contribution >= 0.6 is 0 Å². The molecular formula is C19H36N2. The summed E-state index contributed by atoms with van der Waals surface area (Å²) in [5.41, 5.74) is 3.11. The second-order valence-corrected chi connectivity index (χ2v) is 8.78. The van der Waals surface area contributed by atoms with Gasteiger partial charge in [-0.2, -0.15) is 0 Å². The van der Waals surface area contributed by atoms with Crippen molar-refractivity contribution in [3.8, 4) is 0 Å². The Labute approximate surface area is 132 Å². The average molecular weight is 293 g/mol. The van der Waals surface area contributed by atoms with E-state index < -0.39 is 0 Å². The lowest BCUT2D eigenvalue weighted by molar-refractivity contribution is 0.277. The minimum absolute atomic E-state index is 0.220. The molecule has 0 spiro atoms. The van der Waals surface area contributed by atoms with Gasteiger partial charge in [0.05, 0.1) is 0 Å². The highest BCUT2D eigenvalue weighted by atomic mass is 15.0. The molecule has 2 heteroatoms. The van der Waals surface area contributed by atoms with E-state index in [0.717, 1.165) is 0 Å². The molecule has 0 aromatic heterocycles. The summed E-state index contributed by atoms with van der Waals surface area (Å²) in [7, 11) is 0. The van der Waals surface area contributed by atoms with E-state index in [4.69, 9.17) is 4.99 Å². The third-order valence-corrected chi connectivity index (χ3v) is 4.60. The van der Waals surface area contributed by atoms with Crippen LogP contribution in [0.25, 0.3) is 0 Å². The van der Waals surface area contributed by atoms with Crippen molar-refractivity contribution in [2.45, 2.75) is 92.7 Å². The van der Waals surface area contributed by atoms with Crippen molar-refractivity contribution in [1.29, 1.82) is 0 Å². The van der Waals surface area contributed by atoms with Crippen LogP contribution in [-0.2, 0) is 0 Å². The summed E-state index contributed by atoms with van der Waals surface area (Å²) in [5, 5.41) is 3.74. The highest BCUT2D eigenvalue weighted by molar-refractivity contribution is 5.85. The van der Waals surface area contributed by atoms with Crippen LogP contribution in [0.3, 0.4) is 0 Å². The fourth-order valence-corrected chi connectivity index (χ4v) is 2.77. The van der Waals surface area contributed by atoms with Gasteiger partial charge in [0, 0.05) is 23.5 Å². The van der Waals surface area contributed by atoms with E-state index in [0.29, 0.717) is 12.0 Å². The van der Waals surface area contributed by atoms with Crippen LogP contribution in [0.1, 0.15) is 81.1 Å². The zero-order valence-corrected chi connectivity index (χ0v) is 15.5. The molecular weight excluding hydrogens is 256 g/mol. The number of allylic oxidation sites excluding steroid dienone is 1. The third kappa shape index (κ3) is 6.78. The smallest absolute Gasteiger partial charge is 0.0261 e. The summed E-state index contributed by atoms with van der Waals surface area (Å²) >= 11 is 0. The van der Waals surface area contributed by atoms with Gasteiger partial charge in [0.2, 0.25) is 0 Å². The van der Waals surface area contributed by atoms with Crippen LogP contribution in [-0.4, -0.2) is 17.3 Å². The van der Waals surface area contributed by atoms with Gasteiger partial charge in [0.25, 0.3) is 0 Å². The zero-order chi connectivity index (χ0) is 16.3. The van der Waals surface area contributed by atoms with Crippen molar-refractivity contribution in [3.63, 3.8) is 0 Å². The Bertz CT molecular complexity index is 383. The molecule has 0 amide bonds. The first-order valence-corrected chi connectivity index (χ1v) is 8.48. The molecule has 1 aliphatic carbocycles. The first-order chi connectivity index (χ1) is 9.49. The number of hydrogen-bond donors (Lipinski definition) is 1. The van der Waals surface area contributed by atoms with Gasteiger partial charge < -0.3 is 5.32 Å². The molecule has 0 aromatic rings. The molecule has 2 nitrogen and oxygen atoms in total.